The molecule has 114 valence electrons. The predicted molar refractivity (Wildman–Crippen MR) is 81.7 cm³/mol. The Kier molecular flexibility index (Phi) is 4.21. The highest BCUT2D eigenvalue weighted by Gasteiger charge is 2.35. The van der Waals surface area contributed by atoms with Crippen LogP contribution < -0.4 is 10.6 Å². The summed E-state index contributed by atoms with van der Waals surface area (Å²) in [5.41, 5.74) is 1.47. The minimum atomic E-state index is -0.992. The van der Waals surface area contributed by atoms with E-state index in [-0.39, 0.29) is 23.1 Å². The van der Waals surface area contributed by atoms with Crippen molar-refractivity contribution in [2.75, 3.05) is 5.32 Å². The molecule has 2 amide bonds. The summed E-state index contributed by atoms with van der Waals surface area (Å²) in [6.07, 6.45) is 3.20. The number of carbonyl (C=O) groups excluding carboxylic acids is 1. The molecule has 0 aromatic heterocycles. The molecule has 3 N–H and O–H groups in total. The number of carbonyl (C=O) groups is 2. The Morgan fingerprint density at radius 2 is 2.05 bits per heavy atom. The van der Waals surface area contributed by atoms with Crippen molar-refractivity contribution in [2.45, 2.75) is 46.1 Å². The first-order chi connectivity index (χ1) is 9.79. The van der Waals surface area contributed by atoms with E-state index in [1.807, 2.05) is 0 Å². The quantitative estimate of drug-likeness (QED) is 0.798. The third-order valence-corrected chi connectivity index (χ3v) is 4.29. The highest BCUT2D eigenvalue weighted by molar-refractivity contribution is 5.94. The molecule has 0 bridgehead atoms. The summed E-state index contributed by atoms with van der Waals surface area (Å²) in [4.78, 5) is 23.1. The highest BCUT2D eigenvalue weighted by Crippen LogP contribution is 2.37. The minimum Gasteiger partial charge on any atom is -0.478 e. The number of carboxylic acids is 1. The van der Waals surface area contributed by atoms with Crippen LogP contribution in [0.15, 0.2) is 18.2 Å². The van der Waals surface area contributed by atoms with Crippen molar-refractivity contribution in [3.63, 3.8) is 0 Å². The monoisotopic (exact) mass is 290 g/mol. The molecule has 1 aliphatic carbocycles. The average molecular weight is 290 g/mol. The van der Waals surface area contributed by atoms with Crippen LogP contribution in [0.4, 0.5) is 10.5 Å². The fourth-order valence-corrected chi connectivity index (χ4v) is 2.85. The Balaban J connectivity index is 2.03. The summed E-state index contributed by atoms with van der Waals surface area (Å²) in [6.45, 7) is 6.03. The van der Waals surface area contributed by atoms with Crippen LogP contribution in [0.1, 0.15) is 49.0 Å². The maximum atomic E-state index is 12.1. The van der Waals surface area contributed by atoms with Gasteiger partial charge in [0.15, 0.2) is 0 Å². The van der Waals surface area contributed by atoms with E-state index in [1.165, 1.54) is 6.07 Å². The molecule has 1 aromatic carbocycles. The lowest BCUT2D eigenvalue weighted by Crippen LogP contribution is -2.43. The Hall–Kier alpha value is -2.04. The maximum absolute atomic E-state index is 12.1. The molecule has 0 aliphatic heterocycles. The Morgan fingerprint density at radius 1 is 1.33 bits per heavy atom. The van der Waals surface area contributed by atoms with Crippen molar-refractivity contribution in [3.05, 3.63) is 29.3 Å². The molecule has 1 atom stereocenters. The van der Waals surface area contributed by atoms with Gasteiger partial charge in [-0.3, -0.25) is 0 Å². The number of anilines is 1. The fourth-order valence-electron chi connectivity index (χ4n) is 2.85. The first-order valence-electron chi connectivity index (χ1n) is 7.21. The summed E-state index contributed by atoms with van der Waals surface area (Å²) in [7, 11) is 0. The van der Waals surface area contributed by atoms with E-state index in [0.29, 0.717) is 11.3 Å². The van der Waals surface area contributed by atoms with Crippen molar-refractivity contribution in [1.82, 2.24) is 5.32 Å². The molecule has 1 unspecified atom stereocenters. The van der Waals surface area contributed by atoms with Gasteiger partial charge in [0.25, 0.3) is 0 Å². The molecule has 1 aromatic rings. The van der Waals surface area contributed by atoms with Gasteiger partial charge in [-0.2, -0.15) is 0 Å². The van der Waals surface area contributed by atoms with E-state index in [2.05, 4.69) is 24.5 Å². The zero-order valence-electron chi connectivity index (χ0n) is 12.7. The number of carboxylic acid groups (broad SMARTS) is 1. The highest BCUT2D eigenvalue weighted by atomic mass is 16.4. The first kappa shape index (κ1) is 15.4. The van der Waals surface area contributed by atoms with Gasteiger partial charge in [-0.05, 0) is 42.9 Å². The molecule has 1 aliphatic rings. The topological polar surface area (TPSA) is 78.4 Å². The van der Waals surface area contributed by atoms with Crippen LogP contribution in [-0.2, 0) is 0 Å². The van der Waals surface area contributed by atoms with Crippen LogP contribution in [0.2, 0.25) is 0 Å². The van der Waals surface area contributed by atoms with E-state index in [0.717, 1.165) is 19.3 Å². The molecule has 1 fully saturated rings. The summed E-state index contributed by atoms with van der Waals surface area (Å²) < 4.78 is 0. The third-order valence-electron chi connectivity index (χ3n) is 4.29. The van der Waals surface area contributed by atoms with E-state index < -0.39 is 5.97 Å². The van der Waals surface area contributed by atoms with Crippen molar-refractivity contribution < 1.29 is 14.7 Å². The van der Waals surface area contributed by atoms with Crippen LogP contribution in [0.25, 0.3) is 0 Å². The standard InChI is InChI=1S/C16H22N2O3/c1-10-6-7-11(9-12(10)14(19)20)17-15(21)18-13-5-4-8-16(13,2)3/h6-7,9,13H,4-5,8H2,1-3H3,(H,19,20)(H2,17,18,21). The van der Waals surface area contributed by atoms with Crippen LogP contribution in [-0.4, -0.2) is 23.1 Å². The zero-order valence-corrected chi connectivity index (χ0v) is 12.7. The Morgan fingerprint density at radius 3 is 2.62 bits per heavy atom. The summed E-state index contributed by atoms with van der Waals surface area (Å²) in [5, 5.41) is 14.8. The molecule has 2 rings (SSSR count). The van der Waals surface area contributed by atoms with Gasteiger partial charge in [-0.1, -0.05) is 26.3 Å². The lowest BCUT2D eigenvalue weighted by Gasteiger charge is -2.27. The number of aromatic carboxylic acids is 1. The third kappa shape index (κ3) is 3.54. The molecule has 5 nitrogen and oxygen atoms in total. The lowest BCUT2D eigenvalue weighted by atomic mass is 9.87. The average Bonchev–Trinajstić information content (AvgIpc) is 2.71. The van der Waals surface area contributed by atoms with Gasteiger partial charge in [0.1, 0.15) is 0 Å². The largest absolute Gasteiger partial charge is 0.478 e. The molecular formula is C16H22N2O3. The lowest BCUT2D eigenvalue weighted by molar-refractivity contribution is 0.0696. The van der Waals surface area contributed by atoms with Crippen molar-refractivity contribution in [3.8, 4) is 0 Å². The van der Waals surface area contributed by atoms with Crippen LogP contribution >= 0.6 is 0 Å². The molecule has 0 spiro atoms. The van der Waals surface area contributed by atoms with Crippen molar-refractivity contribution in [1.29, 1.82) is 0 Å². The number of hydrogen-bond acceptors (Lipinski definition) is 2. The van der Waals surface area contributed by atoms with Gasteiger partial charge < -0.3 is 15.7 Å². The van der Waals surface area contributed by atoms with Crippen LogP contribution in [0.3, 0.4) is 0 Å². The van der Waals surface area contributed by atoms with Crippen molar-refractivity contribution >= 4 is 17.7 Å². The molecule has 5 heteroatoms. The number of aryl methyl sites for hydroxylation is 1. The number of urea groups is 1. The summed E-state index contributed by atoms with van der Waals surface area (Å²) in [5.74, 6) is -0.992. The number of hydrogen-bond donors (Lipinski definition) is 3. The van der Waals surface area contributed by atoms with Gasteiger partial charge >= 0.3 is 12.0 Å². The smallest absolute Gasteiger partial charge is 0.336 e. The maximum Gasteiger partial charge on any atom is 0.336 e. The van der Waals surface area contributed by atoms with Gasteiger partial charge in [-0.25, -0.2) is 9.59 Å². The Bertz CT molecular complexity index is 567. The second-order valence-corrected chi connectivity index (χ2v) is 6.37. The Labute approximate surface area is 124 Å². The second kappa shape index (κ2) is 5.76. The van der Waals surface area contributed by atoms with E-state index >= 15 is 0 Å². The fraction of sp³-hybridized carbons (Fsp3) is 0.500. The SMILES string of the molecule is Cc1ccc(NC(=O)NC2CCCC2(C)C)cc1C(=O)O. The van der Waals surface area contributed by atoms with Gasteiger partial charge in [0, 0.05) is 11.7 Å². The number of nitrogens with one attached hydrogen (secondary N) is 2. The molecule has 1 saturated carbocycles. The van der Waals surface area contributed by atoms with E-state index in [1.54, 1.807) is 19.1 Å². The molecule has 0 radical (unpaired) electrons. The zero-order chi connectivity index (χ0) is 15.6. The van der Waals surface area contributed by atoms with Crippen LogP contribution in [0.5, 0.6) is 0 Å². The summed E-state index contributed by atoms with van der Waals surface area (Å²) >= 11 is 0. The number of amides is 2. The first-order valence-corrected chi connectivity index (χ1v) is 7.21. The minimum absolute atomic E-state index is 0.108. The molecule has 21 heavy (non-hydrogen) atoms. The summed E-state index contributed by atoms with van der Waals surface area (Å²) in [6, 6.07) is 4.76. The van der Waals surface area contributed by atoms with Crippen molar-refractivity contribution in [2.24, 2.45) is 5.41 Å². The van der Waals surface area contributed by atoms with E-state index in [9.17, 15) is 9.59 Å². The normalized spacial score (nSPS) is 20.0. The number of benzene rings is 1. The van der Waals surface area contributed by atoms with Gasteiger partial charge in [0.05, 0.1) is 5.56 Å². The molecule has 0 heterocycles. The predicted octanol–water partition coefficient (Wildman–Crippen LogP) is 3.39. The number of rotatable bonds is 3. The molecular weight excluding hydrogens is 268 g/mol. The van der Waals surface area contributed by atoms with Gasteiger partial charge in [-0.15, -0.1) is 0 Å². The second-order valence-electron chi connectivity index (χ2n) is 6.37. The van der Waals surface area contributed by atoms with E-state index in [4.69, 9.17) is 5.11 Å². The molecule has 0 saturated heterocycles. The van der Waals surface area contributed by atoms with Crippen LogP contribution in [0, 0.1) is 12.3 Å². The van der Waals surface area contributed by atoms with Gasteiger partial charge in [0.2, 0.25) is 0 Å².